The quantitative estimate of drug-likeness (QED) is 0.845. The van der Waals surface area contributed by atoms with Crippen molar-refractivity contribution in [2.45, 2.75) is 38.3 Å². The van der Waals surface area contributed by atoms with Crippen molar-refractivity contribution in [1.82, 2.24) is 30.8 Å². The van der Waals surface area contributed by atoms with Crippen LogP contribution < -0.4 is 10.6 Å². The number of aryl methyl sites for hydroxylation is 1. The summed E-state index contributed by atoms with van der Waals surface area (Å²) in [5.41, 5.74) is 0.729. The minimum Gasteiger partial charge on any atom is -0.350 e. The fraction of sp³-hybridized carbons (Fsp3) is 0.500. The lowest BCUT2D eigenvalue weighted by atomic mass is 10.0. The largest absolute Gasteiger partial charge is 0.350 e. The zero-order chi connectivity index (χ0) is 16.9. The Morgan fingerprint density at radius 3 is 3.08 bits per heavy atom. The maximum absolute atomic E-state index is 13.5. The molecule has 0 aliphatic carbocycles. The number of rotatable bonds is 5. The first kappa shape index (κ1) is 16.5. The molecule has 1 aromatic carbocycles. The maximum Gasteiger partial charge on any atom is 0.245 e. The summed E-state index contributed by atoms with van der Waals surface area (Å²) in [6.07, 6.45) is 2.30. The van der Waals surface area contributed by atoms with E-state index in [9.17, 15) is 9.18 Å². The van der Waals surface area contributed by atoms with E-state index in [1.165, 1.54) is 16.8 Å². The van der Waals surface area contributed by atoms with Crippen LogP contribution >= 0.6 is 0 Å². The molecule has 2 atom stereocenters. The van der Waals surface area contributed by atoms with E-state index in [0.29, 0.717) is 12.2 Å². The van der Waals surface area contributed by atoms with Gasteiger partial charge in [0.25, 0.3) is 0 Å². The predicted octanol–water partition coefficient (Wildman–Crippen LogP) is 0.773. The van der Waals surface area contributed by atoms with Crippen LogP contribution in [0.3, 0.4) is 0 Å². The third kappa shape index (κ3) is 3.94. The second kappa shape index (κ2) is 7.48. The molecule has 3 rings (SSSR count). The Labute approximate surface area is 139 Å². The minimum absolute atomic E-state index is 0.0954. The molecule has 24 heavy (non-hydrogen) atoms. The van der Waals surface area contributed by atoms with Crippen LogP contribution in [0, 0.1) is 12.7 Å². The first-order chi connectivity index (χ1) is 11.6. The van der Waals surface area contributed by atoms with Gasteiger partial charge in [-0.2, -0.15) is 0 Å². The highest BCUT2D eigenvalue weighted by Gasteiger charge is 2.26. The third-order valence-electron chi connectivity index (χ3n) is 4.22. The fourth-order valence-electron chi connectivity index (χ4n) is 2.98. The van der Waals surface area contributed by atoms with Crippen LogP contribution in [0.15, 0.2) is 24.3 Å². The highest BCUT2D eigenvalue weighted by Crippen LogP contribution is 2.17. The summed E-state index contributed by atoms with van der Waals surface area (Å²) in [5, 5.41) is 17.8. The SMILES string of the molecule is Cc1nnnn1C(Cc1cccc(F)c1)C(=O)N[C@H]1CCCNC1. The molecule has 2 heterocycles. The Kier molecular flexibility index (Phi) is 5.14. The van der Waals surface area contributed by atoms with Gasteiger partial charge < -0.3 is 10.6 Å². The number of nitrogens with one attached hydrogen (secondary N) is 2. The number of amides is 1. The van der Waals surface area contributed by atoms with Crippen molar-refractivity contribution < 1.29 is 9.18 Å². The smallest absolute Gasteiger partial charge is 0.245 e. The number of tetrazole rings is 1. The van der Waals surface area contributed by atoms with E-state index in [1.54, 1.807) is 19.1 Å². The Hall–Kier alpha value is -2.35. The van der Waals surface area contributed by atoms with Gasteiger partial charge in [-0.1, -0.05) is 12.1 Å². The summed E-state index contributed by atoms with van der Waals surface area (Å²) in [7, 11) is 0. The first-order valence-corrected chi connectivity index (χ1v) is 8.13. The van der Waals surface area contributed by atoms with E-state index in [1.807, 2.05) is 0 Å². The molecular formula is C16H21FN6O. The van der Waals surface area contributed by atoms with Gasteiger partial charge in [0.2, 0.25) is 5.91 Å². The normalized spacial score (nSPS) is 19.0. The number of carbonyl (C=O) groups is 1. The Bertz CT molecular complexity index is 697. The van der Waals surface area contributed by atoms with Crippen molar-refractivity contribution >= 4 is 5.91 Å². The monoisotopic (exact) mass is 332 g/mol. The highest BCUT2D eigenvalue weighted by atomic mass is 19.1. The molecule has 1 amide bonds. The van der Waals surface area contributed by atoms with E-state index in [0.717, 1.165) is 31.5 Å². The molecule has 1 aliphatic heterocycles. The van der Waals surface area contributed by atoms with Crippen LogP contribution in [-0.2, 0) is 11.2 Å². The molecule has 1 fully saturated rings. The minimum atomic E-state index is -0.608. The zero-order valence-electron chi connectivity index (χ0n) is 13.6. The summed E-state index contributed by atoms with van der Waals surface area (Å²) in [4.78, 5) is 12.8. The topological polar surface area (TPSA) is 84.7 Å². The number of aromatic nitrogens is 4. The van der Waals surface area contributed by atoms with Gasteiger partial charge in [0.15, 0.2) is 0 Å². The van der Waals surface area contributed by atoms with Gasteiger partial charge in [0.05, 0.1) is 0 Å². The third-order valence-corrected chi connectivity index (χ3v) is 4.22. The molecule has 0 radical (unpaired) electrons. The van der Waals surface area contributed by atoms with E-state index >= 15 is 0 Å². The van der Waals surface area contributed by atoms with E-state index in [2.05, 4.69) is 26.2 Å². The van der Waals surface area contributed by atoms with Crippen molar-refractivity contribution in [3.63, 3.8) is 0 Å². The van der Waals surface area contributed by atoms with Gasteiger partial charge in [0.1, 0.15) is 17.7 Å². The van der Waals surface area contributed by atoms with Gasteiger partial charge in [0, 0.05) is 19.0 Å². The molecule has 1 aliphatic rings. The van der Waals surface area contributed by atoms with Crippen LogP contribution in [0.2, 0.25) is 0 Å². The summed E-state index contributed by atoms with van der Waals surface area (Å²) in [5.74, 6) is 0.0771. The average Bonchev–Trinajstić information content (AvgIpc) is 2.99. The Balaban J connectivity index is 1.79. The summed E-state index contributed by atoms with van der Waals surface area (Å²) < 4.78 is 15.0. The maximum atomic E-state index is 13.5. The van der Waals surface area contributed by atoms with Crippen molar-refractivity contribution in [1.29, 1.82) is 0 Å². The number of halogens is 1. The zero-order valence-corrected chi connectivity index (χ0v) is 13.6. The van der Waals surface area contributed by atoms with Gasteiger partial charge in [-0.05, 0) is 54.4 Å². The number of carbonyl (C=O) groups excluding carboxylic acids is 1. The second-order valence-electron chi connectivity index (χ2n) is 6.07. The molecule has 7 nitrogen and oxygen atoms in total. The Morgan fingerprint density at radius 1 is 1.54 bits per heavy atom. The van der Waals surface area contributed by atoms with Gasteiger partial charge in [-0.25, -0.2) is 9.07 Å². The number of benzene rings is 1. The second-order valence-corrected chi connectivity index (χ2v) is 6.07. The van der Waals surface area contributed by atoms with Crippen LogP contribution in [-0.4, -0.2) is 45.2 Å². The number of hydrogen-bond donors (Lipinski definition) is 2. The molecule has 0 spiro atoms. The van der Waals surface area contributed by atoms with Crippen molar-refractivity contribution in [3.05, 3.63) is 41.5 Å². The lowest BCUT2D eigenvalue weighted by Crippen LogP contribution is -2.48. The summed E-state index contributed by atoms with van der Waals surface area (Å²) in [6, 6.07) is 5.74. The van der Waals surface area contributed by atoms with E-state index in [-0.39, 0.29) is 17.8 Å². The first-order valence-electron chi connectivity index (χ1n) is 8.13. The predicted molar refractivity (Wildman–Crippen MR) is 85.7 cm³/mol. The van der Waals surface area contributed by atoms with Crippen molar-refractivity contribution in [3.8, 4) is 0 Å². The molecule has 0 saturated carbocycles. The molecule has 2 N–H and O–H groups in total. The number of piperidine rings is 1. The molecule has 128 valence electrons. The van der Waals surface area contributed by atoms with E-state index in [4.69, 9.17) is 0 Å². The number of hydrogen-bond acceptors (Lipinski definition) is 5. The molecular weight excluding hydrogens is 311 g/mol. The lowest BCUT2D eigenvalue weighted by molar-refractivity contribution is -0.125. The molecule has 1 unspecified atom stereocenters. The number of nitrogens with zero attached hydrogens (tertiary/aromatic N) is 4. The molecule has 2 aromatic rings. The van der Waals surface area contributed by atoms with Gasteiger partial charge >= 0.3 is 0 Å². The van der Waals surface area contributed by atoms with Crippen LogP contribution in [0.1, 0.15) is 30.3 Å². The van der Waals surface area contributed by atoms with Crippen molar-refractivity contribution in [2.75, 3.05) is 13.1 Å². The van der Waals surface area contributed by atoms with Gasteiger partial charge in [-0.15, -0.1) is 5.10 Å². The summed E-state index contributed by atoms with van der Waals surface area (Å²) in [6.45, 7) is 3.48. The van der Waals surface area contributed by atoms with Crippen LogP contribution in [0.25, 0.3) is 0 Å². The average molecular weight is 332 g/mol. The highest BCUT2D eigenvalue weighted by molar-refractivity contribution is 5.81. The lowest BCUT2D eigenvalue weighted by Gasteiger charge is -2.26. The van der Waals surface area contributed by atoms with Crippen LogP contribution in [0.4, 0.5) is 4.39 Å². The standard InChI is InChI=1S/C16H21FN6O/c1-11-20-21-22-23(11)15(9-12-4-2-5-13(17)8-12)16(24)19-14-6-3-7-18-10-14/h2,4-5,8,14-15,18H,3,6-7,9-10H2,1H3,(H,19,24)/t14-,15?/m0/s1. The Morgan fingerprint density at radius 2 is 2.42 bits per heavy atom. The van der Waals surface area contributed by atoms with Crippen molar-refractivity contribution in [2.24, 2.45) is 0 Å². The van der Waals surface area contributed by atoms with Crippen LogP contribution in [0.5, 0.6) is 0 Å². The molecule has 8 heteroatoms. The summed E-state index contributed by atoms with van der Waals surface area (Å²) >= 11 is 0. The van der Waals surface area contributed by atoms with Gasteiger partial charge in [-0.3, -0.25) is 4.79 Å². The molecule has 1 aromatic heterocycles. The molecule has 1 saturated heterocycles. The van der Waals surface area contributed by atoms with E-state index < -0.39 is 6.04 Å². The molecule has 0 bridgehead atoms. The fourth-order valence-corrected chi connectivity index (χ4v) is 2.98.